The number of nitrogens with one attached hydrogen (secondary N) is 1. The number of carbonyl (C=O) groups excluding carboxylic acids is 1. The molecule has 1 unspecified atom stereocenters. The van der Waals surface area contributed by atoms with E-state index in [1.807, 2.05) is 0 Å². The molecule has 1 atom stereocenters. The van der Waals surface area contributed by atoms with Crippen molar-refractivity contribution in [1.82, 2.24) is 0 Å². The quantitative estimate of drug-likeness (QED) is 0.862. The van der Waals surface area contributed by atoms with Gasteiger partial charge in [0.05, 0.1) is 17.8 Å². The van der Waals surface area contributed by atoms with Crippen LogP contribution in [0.15, 0.2) is 18.2 Å². The maximum Gasteiger partial charge on any atom is 0.225 e. The standard InChI is InChI=1S/C13H17ClN2O2/c1-18-9-4-5-10(14)12(6-9)16-13(17)7-11(15)8-2-3-8/h4-6,8,11H,2-3,7,15H2,1H3,(H,16,17). The van der Waals surface area contributed by atoms with Crippen LogP contribution in [0, 0.1) is 5.92 Å². The summed E-state index contributed by atoms with van der Waals surface area (Å²) in [6, 6.07) is 5.09. The largest absolute Gasteiger partial charge is 0.497 e. The Morgan fingerprint density at radius 3 is 2.94 bits per heavy atom. The second-order valence-electron chi connectivity index (χ2n) is 4.60. The van der Waals surface area contributed by atoms with Crippen LogP contribution in [-0.4, -0.2) is 19.1 Å². The average Bonchev–Trinajstić information content (AvgIpc) is 3.15. The molecule has 3 N–H and O–H groups in total. The normalized spacial score (nSPS) is 16.2. The molecule has 1 fully saturated rings. The summed E-state index contributed by atoms with van der Waals surface area (Å²) in [6.45, 7) is 0. The fourth-order valence-electron chi connectivity index (χ4n) is 1.83. The molecule has 1 aliphatic rings. The summed E-state index contributed by atoms with van der Waals surface area (Å²) in [5.41, 5.74) is 6.47. The van der Waals surface area contributed by atoms with Crippen molar-refractivity contribution >= 4 is 23.2 Å². The van der Waals surface area contributed by atoms with Gasteiger partial charge in [-0.2, -0.15) is 0 Å². The Bertz CT molecular complexity index is 447. The molecular formula is C13H17ClN2O2. The summed E-state index contributed by atoms with van der Waals surface area (Å²) < 4.78 is 5.09. The molecular weight excluding hydrogens is 252 g/mol. The average molecular weight is 269 g/mol. The number of ether oxygens (including phenoxy) is 1. The van der Waals surface area contributed by atoms with Crippen molar-refractivity contribution < 1.29 is 9.53 Å². The Kier molecular flexibility index (Phi) is 4.09. The fourth-order valence-corrected chi connectivity index (χ4v) is 2.00. The van der Waals surface area contributed by atoms with Gasteiger partial charge in [-0.15, -0.1) is 0 Å². The van der Waals surface area contributed by atoms with Crippen LogP contribution in [0.25, 0.3) is 0 Å². The van der Waals surface area contributed by atoms with Crippen molar-refractivity contribution in [1.29, 1.82) is 0 Å². The third-order valence-electron chi connectivity index (χ3n) is 3.10. The minimum absolute atomic E-state index is 0.0469. The summed E-state index contributed by atoms with van der Waals surface area (Å²) in [5.74, 6) is 1.06. The Morgan fingerprint density at radius 1 is 1.61 bits per heavy atom. The van der Waals surface area contributed by atoms with Crippen LogP contribution in [0.4, 0.5) is 5.69 Å². The number of halogens is 1. The van der Waals surface area contributed by atoms with Gasteiger partial charge in [-0.25, -0.2) is 0 Å². The van der Waals surface area contributed by atoms with E-state index in [0.717, 1.165) is 12.8 Å². The van der Waals surface area contributed by atoms with Gasteiger partial charge in [0.15, 0.2) is 0 Å². The zero-order chi connectivity index (χ0) is 13.1. The molecule has 1 amide bonds. The second-order valence-corrected chi connectivity index (χ2v) is 5.01. The number of nitrogens with two attached hydrogens (primary N) is 1. The SMILES string of the molecule is COc1ccc(Cl)c(NC(=O)CC(N)C2CC2)c1. The van der Waals surface area contributed by atoms with Gasteiger partial charge in [0.1, 0.15) is 5.75 Å². The van der Waals surface area contributed by atoms with Gasteiger partial charge in [-0.3, -0.25) is 4.79 Å². The van der Waals surface area contributed by atoms with Crippen molar-refractivity contribution in [3.8, 4) is 5.75 Å². The van der Waals surface area contributed by atoms with E-state index in [1.54, 1.807) is 25.3 Å². The molecule has 18 heavy (non-hydrogen) atoms. The van der Waals surface area contributed by atoms with E-state index >= 15 is 0 Å². The van der Waals surface area contributed by atoms with E-state index in [-0.39, 0.29) is 11.9 Å². The molecule has 0 aliphatic heterocycles. The fraction of sp³-hybridized carbons (Fsp3) is 0.462. The summed E-state index contributed by atoms with van der Waals surface area (Å²) in [7, 11) is 1.57. The Labute approximate surface area is 111 Å². The number of benzene rings is 1. The first kappa shape index (κ1) is 13.2. The zero-order valence-corrected chi connectivity index (χ0v) is 11.0. The van der Waals surface area contributed by atoms with Crippen LogP contribution in [-0.2, 0) is 4.79 Å². The van der Waals surface area contributed by atoms with Crippen molar-refractivity contribution in [2.75, 3.05) is 12.4 Å². The van der Waals surface area contributed by atoms with Crippen molar-refractivity contribution in [2.24, 2.45) is 11.7 Å². The van der Waals surface area contributed by atoms with Gasteiger partial charge in [0.25, 0.3) is 0 Å². The molecule has 5 heteroatoms. The number of amides is 1. The highest BCUT2D eigenvalue weighted by molar-refractivity contribution is 6.33. The van der Waals surface area contributed by atoms with Crippen LogP contribution < -0.4 is 15.8 Å². The van der Waals surface area contributed by atoms with Crippen LogP contribution in [0.2, 0.25) is 5.02 Å². The smallest absolute Gasteiger partial charge is 0.225 e. The van der Waals surface area contributed by atoms with Crippen molar-refractivity contribution in [2.45, 2.75) is 25.3 Å². The maximum atomic E-state index is 11.8. The summed E-state index contributed by atoms with van der Waals surface area (Å²) in [5, 5.41) is 3.26. The third kappa shape index (κ3) is 3.37. The molecule has 0 heterocycles. The highest BCUT2D eigenvalue weighted by Crippen LogP contribution is 2.33. The number of hydrogen-bond acceptors (Lipinski definition) is 3. The molecule has 4 nitrogen and oxygen atoms in total. The first-order valence-electron chi connectivity index (χ1n) is 5.99. The topological polar surface area (TPSA) is 64.3 Å². The number of hydrogen-bond donors (Lipinski definition) is 2. The number of rotatable bonds is 5. The van der Waals surface area contributed by atoms with Gasteiger partial charge in [-0.1, -0.05) is 11.6 Å². The van der Waals surface area contributed by atoms with E-state index in [0.29, 0.717) is 28.8 Å². The van der Waals surface area contributed by atoms with Gasteiger partial charge >= 0.3 is 0 Å². The summed E-state index contributed by atoms with van der Waals surface area (Å²) in [6.07, 6.45) is 2.60. The van der Waals surface area contributed by atoms with E-state index < -0.39 is 0 Å². The van der Waals surface area contributed by atoms with Crippen molar-refractivity contribution in [3.63, 3.8) is 0 Å². The highest BCUT2D eigenvalue weighted by Gasteiger charge is 2.29. The van der Waals surface area contributed by atoms with Gasteiger partial charge in [0.2, 0.25) is 5.91 Å². The molecule has 2 rings (SSSR count). The first-order valence-corrected chi connectivity index (χ1v) is 6.37. The van der Waals surface area contributed by atoms with Crippen LogP contribution in [0.3, 0.4) is 0 Å². The molecule has 0 bridgehead atoms. The van der Waals surface area contributed by atoms with E-state index in [1.165, 1.54) is 0 Å². The minimum Gasteiger partial charge on any atom is -0.497 e. The molecule has 0 spiro atoms. The second kappa shape index (κ2) is 5.59. The Hall–Kier alpha value is -1.26. The molecule has 1 saturated carbocycles. The molecule has 0 aromatic heterocycles. The molecule has 1 aromatic carbocycles. The molecule has 0 radical (unpaired) electrons. The number of methoxy groups -OCH3 is 1. The van der Waals surface area contributed by atoms with Gasteiger partial charge in [0, 0.05) is 18.5 Å². The molecule has 1 aromatic rings. The third-order valence-corrected chi connectivity index (χ3v) is 3.43. The summed E-state index contributed by atoms with van der Waals surface area (Å²) in [4.78, 5) is 11.8. The van der Waals surface area contributed by atoms with Gasteiger partial charge < -0.3 is 15.8 Å². The predicted molar refractivity (Wildman–Crippen MR) is 72.0 cm³/mol. The zero-order valence-electron chi connectivity index (χ0n) is 10.3. The van der Waals surface area contributed by atoms with E-state index in [2.05, 4.69) is 5.32 Å². The molecule has 98 valence electrons. The molecule has 0 saturated heterocycles. The monoisotopic (exact) mass is 268 g/mol. The predicted octanol–water partition coefficient (Wildman–Crippen LogP) is 2.41. The number of carbonyl (C=O) groups is 1. The van der Waals surface area contributed by atoms with Crippen LogP contribution in [0.5, 0.6) is 5.75 Å². The molecule has 1 aliphatic carbocycles. The van der Waals surface area contributed by atoms with E-state index in [9.17, 15) is 4.79 Å². The first-order chi connectivity index (χ1) is 8.60. The lowest BCUT2D eigenvalue weighted by molar-refractivity contribution is -0.116. The van der Waals surface area contributed by atoms with Crippen LogP contribution >= 0.6 is 11.6 Å². The Balaban J connectivity index is 1.96. The maximum absolute atomic E-state index is 11.8. The highest BCUT2D eigenvalue weighted by atomic mass is 35.5. The van der Waals surface area contributed by atoms with Crippen molar-refractivity contribution in [3.05, 3.63) is 23.2 Å². The lowest BCUT2D eigenvalue weighted by Gasteiger charge is -2.12. The lowest BCUT2D eigenvalue weighted by atomic mass is 10.1. The van der Waals surface area contributed by atoms with Gasteiger partial charge in [-0.05, 0) is 30.9 Å². The minimum atomic E-state index is -0.107. The van der Waals surface area contributed by atoms with Crippen LogP contribution in [0.1, 0.15) is 19.3 Å². The lowest BCUT2D eigenvalue weighted by Crippen LogP contribution is -2.28. The van der Waals surface area contributed by atoms with E-state index in [4.69, 9.17) is 22.1 Å². The summed E-state index contributed by atoms with van der Waals surface area (Å²) >= 11 is 6.01. The number of anilines is 1. The Morgan fingerprint density at radius 2 is 2.33 bits per heavy atom.